The van der Waals surface area contributed by atoms with Gasteiger partial charge in [0.1, 0.15) is 5.82 Å². The minimum Gasteiger partial charge on any atom is -0.374 e. The van der Waals surface area contributed by atoms with Crippen molar-refractivity contribution in [3.63, 3.8) is 0 Å². The fraction of sp³-hybridized carbons (Fsp3) is 0.571. The van der Waals surface area contributed by atoms with E-state index in [0.29, 0.717) is 25.3 Å². The molecule has 0 aliphatic carbocycles. The second kappa shape index (κ2) is 6.83. The van der Waals surface area contributed by atoms with E-state index in [0.717, 1.165) is 5.56 Å². The quantitative estimate of drug-likeness (QED) is 0.795. The maximum absolute atomic E-state index is 13.6. The van der Waals surface area contributed by atoms with E-state index in [2.05, 4.69) is 0 Å². The van der Waals surface area contributed by atoms with E-state index in [1.54, 1.807) is 6.07 Å². The molecule has 1 rings (SSSR count). The van der Waals surface area contributed by atoms with Gasteiger partial charge < -0.3 is 15.2 Å². The minimum absolute atomic E-state index is 0.169. The Morgan fingerprint density at radius 3 is 2.50 bits per heavy atom. The van der Waals surface area contributed by atoms with Crippen molar-refractivity contribution in [3.05, 3.63) is 35.1 Å². The smallest absolute Gasteiger partial charge is 0.129 e. The Bertz CT molecular complexity index is 375. The van der Waals surface area contributed by atoms with E-state index in [4.69, 9.17) is 15.2 Å². The van der Waals surface area contributed by atoms with E-state index in [-0.39, 0.29) is 18.0 Å². The molecular weight excluding hydrogens is 233 g/mol. The molecule has 0 saturated heterocycles. The van der Waals surface area contributed by atoms with Gasteiger partial charge in [-0.25, -0.2) is 4.39 Å². The predicted octanol–water partition coefficient (Wildman–Crippen LogP) is 2.62. The summed E-state index contributed by atoms with van der Waals surface area (Å²) < 4.78 is 24.4. The predicted molar refractivity (Wildman–Crippen MR) is 69.7 cm³/mol. The zero-order valence-electron chi connectivity index (χ0n) is 11.3. The van der Waals surface area contributed by atoms with Crippen molar-refractivity contribution in [1.29, 1.82) is 0 Å². The van der Waals surface area contributed by atoms with Crippen LogP contribution in [0.15, 0.2) is 18.2 Å². The molecule has 3 nitrogen and oxygen atoms in total. The molecule has 0 aliphatic rings. The van der Waals surface area contributed by atoms with Crippen LogP contribution in [-0.2, 0) is 22.6 Å². The van der Waals surface area contributed by atoms with Crippen LogP contribution in [0, 0.1) is 5.82 Å². The molecule has 0 unspecified atom stereocenters. The van der Waals surface area contributed by atoms with Crippen LogP contribution in [-0.4, -0.2) is 18.8 Å². The van der Waals surface area contributed by atoms with Crippen molar-refractivity contribution in [1.82, 2.24) is 0 Å². The third-order valence-electron chi connectivity index (χ3n) is 2.37. The third kappa shape index (κ3) is 5.58. The Labute approximate surface area is 108 Å². The summed E-state index contributed by atoms with van der Waals surface area (Å²) in [5.74, 6) is -0.269. The lowest BCUT2D eigenvalue weighted by Crippen LogP contribution is -2.21. The number of rotatable bonds is 6. The summed E-state index contributed by atoms with van der Waals surface area (Å²) in [5, 5.41) is 0. The van der Waals surface area contributed by atoms with Crippen molar-refractivity contribution in [2.75, 3.05) is 13.2 Å². The van der Waals surface area contributed by atoms with Gasteiger partial charge in [-0.15, -0.1) is 0 Å². The fourth-order valence-corrected chi connectivity index (χ4v) is 1.42. The maximum Gasteiger partial charge on any atom is 0.129 e. The lowest BCUT2D eigenvalue weighted by atomic mass is 10.1. The molecule has 0 heterocycles. The summed E-state index contributed by atoms with van der Waals surface area (Å²) in [6.07, 6.45) is 0. The van der Waals surface area contributed by atoms with Crippen LogP contribution in [0.4, 0.5) is 4.39 Å². The lowest BCUT2D eigenvalue weighted by Gasteiger charge is -2.19. The largest absolute Gasteiger partial charge is 0.374 e. The van der Waals surface area contributed by atoms with Gasteiger partial charge in [0.25, 0.3) is 0 Å². The van der Waals surface area contributed by atoms with Crippen LogP contribution in [0.5, 0.6) is 0 Å². The van der Waals surface area contributed by atoms with Gasteiger partial charge in [0.05, 0.1) is 25.4 Å². The van der Waals surface area contributed by atoms with Gasteiger partial charge in [0, 0.05) is 12.1 Å². The van der Waals surface area contributed by atoms with Gasteiger partial charge in [-0.05, 0) is 32.4 Å². The summed E-state index contributed by atoms with van der Waals surface area (Å²) in [4.78, 5) is 0. The maximum atomic E-state index is 13.6. The Morgan fingerprint density at radius 2 is 1.94 bits per heavy atom. The van der Waals surface area contributed by atoms with E-state index in [1.165, 1.54) is 6.07 Å². The van der Waals surface area contributed by atoms with Gasteiger partial charge in [-0.2, -0.15) is 0 Å². The molecule has 4 heteroatoms. The molecule has 0 atom stereocenters. The van der Waals surface area contributed by atoms with Crippen LogP contribution in [0.3, 0.4) is 0 Å². The summed E-state index contributed by atoms with van der Waals surface area (Å²) >= 11 is 0. The number of hydrogen-bond acceptors (Lipinski definition) is 3. The number of benzene rings is 1. The molecule has 2 N–H and O–H groups in total. The summed E-state index contributed by atoms with van der Waals surface area (Å²) in [6.45, 7) is 7.51. The molecule has 0 spiro atoms. The molecule has 0 fully saturated rings. The SMILES string of the molecule is CC(C)(C)OCCOCc1ccc(CN)cc1F. The van der Waals surface area contributed by atoms with Crippen molar-refractivity contribution < 1.29 is 13.9 Å². The van der Waals surface area contributed by atoms with E-state index in [9.17, 15) is 4.39 Å². The molecule has 1 aromatic rings. The first-order valence-electron chi connectivity index (χ1n) is 6.11. The third-order valence-corrected chi connectivity index (χ3v) is 2.37. The molecular formula is C14H22FNO2. The molecule has 0 aromatic heterocycles. The van der Waals surface area contributed by atoms with E-state index in [1.807, 2.05) is 26.8 Å². The summed E-state index contributed by atoms with van der Waals surface area (Å²) in [5.41, 5.74) is 6.59. The highest BCUT2D eigenvalue weighted by Gasteiger charge is 2.09. The van der Waals surface area contributed by atoms with Crippen LogP contribution in [0.1, 0.15) is 31.9 Å². The highest BCUT2D eigenvalue weighted by Crippen LogP contribution is 2.11. The van der Waals surface area contributed by atoms with Gasteiger partial charge in [0.2, 0.25) is 0 Å². The molecule has 1 aromatic carbocycles. The first-order chi connectivity index (χ1) is 8.42. The number of hydrogen-bond donors (Lipinski definition) is 1. The highest BCUT2D eigenvalue weighted by atomic mass is 19.1. The molecule has 0 amide bonds. The van der Waals surface area contributed by atoms with Gasteiger partial charge in [-0.1, -0.05) is 12.1 Å². The van der Waals surface area contributed by atoms with Crippen molar-refractivity contribution >= 4 is 0 Å². The number of halogens is 1. The van der Waals surface area contributed by atoms with E-state index < -0.39 is 0 Å². The number of ether oxygens (including phenoxy) is 2. The van der Waals surface area contributed by atoms with Crippen molar-refractivity contribution in [2.24, 2.45) is 5.73 Å². The molecule has 0 radical (unpaired) electrons. The normalized spacial score (nSPS) is 11.8. The standard InChI is InChI=1S/C14H22FNO2/c1-14(2,3)18-7-6-17-10-12-5-4-11(9-16)8-13(12)15/h4-5,8H,6-7,9-10,16H2,1-3H3. The van der Waals surface area contributed by atoms with Crippen molar-refractivity contribution in [2.45, 2.75) is 39.5 Å². The van der Waals surface area contributed by atoms with Crippen LogP contribution in [0.2, 0.25) is 0 Å². The fourth-order valence-electron chi connectivity index (χ4n) is 1.42. The Balaban J connectivity index is 2.31. The Hall–Kier alpha value is -0.970. The summed E-state index contributed by atoms with van der Waals surface area (Å²) in [7, 11) is 0. The summed E-state index contributed by atoms with van der Waals surface area (Å²) in [6, 6.07) is 4.97. The average molecular weight is 255 g/mol. The molecule has 102 valence electrons. The average Bonchev–Trinajstić information content (AvgIpc) is 2.29. The molecule has 0 aliphatic heterocycles. The van der Waals surface area contributed by atoms with E-state index >= 15 is 0 Å². The van der Waals surface area contributed by atoms with Crippen LogP contribution in [0.25, 0.3) is 0 Å². The zero-order chi connectivity index (χ0) is 13.6. The first-order valence-corrected chi connectivity index (χ1v) is 6.11. The van der Waals surface area contributed by atoms with Gasteiger partial charge >= 0.3 is 0 Å². The second-order valence-corrected chi connectivity index (χ2v) is 5.14. The molecule has 18 heavy (non-hydrogen) atoms. The molecule has 0 saturated carbocycles. The number of nitrogens with two attached hydrogens (primary N) is 1. The topological polar surface area (TPSA) is 44.5 Å². The Kier molecular flexibility index (Phi) is 5.72. The molecule has 0 bridgehead atoms. The minimum atomic E-state index is -0.269. The van der Waals surface area contributed by atoms with Crippen LogP contribution >= 0.6 is 0 Å². The zero-order valence-corrected chi connectivity index (χ0v) is 11.3. The van der Waals surface area contributed by atoms with Gasteiger partial charge in [0.15, 0.2) is 0 Å². The highest BCUT2D eigenvalue weighted by molar-refractivity contribution is 5.23. The lowest BCUT2D eigenvalue weighted by molar-refractivity contribution is -0.0379. The first kappa shape index (κ1) is 15.1. The van der Waals surface area contributed by atoms with Crippen molar-refractivity contribution in [3.8, 4) is 0 Å². The second-order valence-electron chi connectivity index (χ2n) is 5.14. The monoisotopic (exact) mass is 255 g/mol. The van der Waals surface area contributed by atoms with Crippen LogP contribution < -0.4 is 5.73 Å². The van der Waals surface area contributed by atoms with Gasteiger partial charge in [-0.3, -0.25) is 0 Å². The Morgan fingerprint density at radius 1 is 1.22 bits per heavy atom.